The second kappa shape index (κ2) is 6.61. The van der Waals surface area contributed by atoms with E-state index >= 15 is 0 Å². The molecule has 0 aliphatic heterocycles. The van der Waals surface area contributed by atoms with Gasteiger partial charge in [0.2, 0.25) is 0 Å². The summed E-state index contributed by atoms with van der Waals surface area (Å²) < 4.78 is 2.46. The Balaban J connectivity index is 1.80. The molecule has 1 N–H and O–H groups in total. The van der Waals surface area contributed by atoms with Crippen LogP contribution in [-0.4, -0.2) is 21.1 Å². The third kappa shape index (κ3) is 2.90. The molecule has 28 heavy (non-hydrogen) atoms. The summed E-state index contributed by atoms with van der Waals surface area (Å²) in [5, 5.41) is 4.94. The molecule has 2 aliphatic rings. The van der Waals surface area contributed by atoms with Gasteiger partial charge in [0, 0.05) is 12.2 Å². The molecular formula is C24H30N4. The van der Waals surface area contributed by atoms with Gasteiger partial charge in [-0.25, -0.2) is 9.97 Å². The molecule has 2 heterocycles. The van der Waals surface area contributed by atoms with Gasteiger partial charge in [0.1, 0.15) is 11.6 Å². The standard InChI is InChI=1S/C24H30N4/c1-14-11-15(2)22(16(3)12-14)28-20-8-6-5-7-19(20)21-23(25-13-18-9-10-18)26-17(4)27-24(21)28/h11-12,18H,5-10,13H2,1-4H3,(H,25,26,27). The van der Waals surface area contributed by atoms with Gasteiger partial charge >= 0.3 is 0 Å². The van der Waals surface area contributed by atoms with Crippen LogP contribution in [0.3, 0.4) is 0 Å². The third-order valence-corrected chi connectivity index (χ3v) is 6.34. The molecule has 4 nitrogen and oxygen atoms in total. The van der Waals surface area contributed by atoms with Crippen molar-refractivity contribution in [3.63, 3.8) is 0 Å². The predicted octanol–water partition coefficient (Wildman–Crippen LogP) is 5.35. The number of aryl methyl sites for hydroxylation is 5. The van der Waals surface area contributed by atoms with Gasteiger partial charge in [0.05, 0.1) is 11.1 Å². The molecule has 0 amide bonds. The first-order valence-electron chi connectivity index (χ1n) is 10.8. The Hall–Kier alpha value is -2.36. The van der Waals surface area contributed by atoms with Gasteiger partial charge in [-0.05, 0) is 88.8 Å². The highest BCUT2D eigenvalue weighted by atomic mass is 15.1. The van der Waals surface area contributed by atoms with E-state index in [1.54, 1.807) is 0 Å². The summed E-state index contributed by atoms with van der Waals surface area (Å²) >= 11 is 0. The molecule has 2 aliphatic carbocycles. The van der Waals surface area contributed by atoms with Crippen molar-refractivity contribution in [1.82, 2.24) is 14.5 Å². The Bertz CT molecular complexity index is 1050. The second-order valence-electron chi connectivity index (χ2n) is 8.86. The maximum atomic E-state index is 4.98. The summed E-state index contributed by atoms with van der Waals surface area (Å²) in [6.45, 7) is 9.70. The molecule has 0 radical (unpaired) electrons. The Morgan fingerprint density at radius 1 is 1.00 bits per heavy atom. The lowest BCUT2D eigenvalue weighted by molar-refractivity contribution is 0.665. The lowest BCUT2D eigenvalue weighted by Gasteiger charge is -2.19. The number of nitrogens with one attached hydrogen (secondary N) is 1. The number of anilines is 1. The molecule has 0 spiro atoms. The SMILES string of the molecule is Cc1cc(C)c(-n2c3c(c4c(NCC5CC5)nc(C)nc42)CCCC3)c(C)c1. The normalized spacial score (nSPS) is 16.4. The number of fused-ring (bicyclic) bond motifs is 3. The highest BCUT2D eigenvalue weighted by molar-refractivity contribution is 5.94. The highest BCUT2D eigenvalue weighted by Crippen LogP contribution is 2.39. The summed E-state index contributed by atoms with van der Waals surface area (Å²) in [6, 6.07) is 4.59. The molecule has 0 saturated heterocycles. The summed E-state index contributed by atoms with van der Waals surface area (Å²) in [7, 11) is 0. The van der Waals surface area contributed by atoms with E-state index in [-0.39, 0.29) is 0 Å². The minimum Gasteiger partial charge on any atom is -0.369 e. The number of hydrogen-bond acceptors (Lipinski definition) is 3. The van der Waals surface area contributed by atoms with Crippen molar-refractivity contribution in [3.8, 4) is 5.69 Å². The van der Waals surface area contributed by atoms with E-state index in [9.17, 15) is 0 Å². The van der Waals surface area contributed by atoms with Gasteiger partial charge in [0.25, 0.3) is 0 Å². The Morgan fingerprint density at radius 2 is 1.71 bits per heavy atom. The first kappa shape index (κ1) is 17.7. The number of aromatic nitrogens is 3. The molecule has 3 aromatic rings. The van der Waals surface area contributed by atoms with E-state index in [1.807, 2.05) is 6.92 Å². The topological polar surface area (TPSA) is 42.7 Å². The van der Waals surface area contributed by atoms with Gasteiger partial charge in [-0.2, -0.15) is 0 Å². The van der Waals surface area contributed by atoms with Crippen molar-refractivity contribution in [2.24, 2.45) is 5.92 Å². The molecule has 1 saturated carbocycles. The maximum Gasteiger partial charge on any atom is 0.150 e. The van der Waals surface area contributed by atoms with E-state index in [2.05, 4.69) is 42.8 Å². The van der Waals surface area contributed by atoms with Crippen molar-refractivity contribution in [1.29, 1.82) is 0 Å². The molecule has 5 rings (SSSR count). The highest BCUT2D eigenvalue weighted by Gasteiger charge is 2.27. The van der Waals surface area contributed by atoms with Crippen LogP contribution in [0.2, 0.25) is 0 Å². The van der Waals surface area contributed by atoms with Gasteiger partial charge in [-0.15, -0.1) is 0 Å². The van der Waals surface area contributed by atoms with Crippen LogP contribution in [0.1, 0.15) is 59.5 Å². The molecule has 0 atom stereocenters. The van der Waals surface area contributed by atoms with Crippen LogP contribution in [0.4, 0.5) is 5.82 Å². The monoisotopic (exact) mass is 374 g/mol. The third-order valence-electron chi connectivity index (χ3n) is 6.34. The smallest absolute Gasteiger partial charge is 0.150 e. The van der Waals surface area contributed by atoms with E-state index < -0.39 is 0 Å². The van der Waals surface area contributed by atoms with Crippen LogP contribution in [0.5, 0.6) is 0 Å². The Labute approximate surface area is 167 Å². The van der Waals surface area contributed by atoms with E-state index in [0.29, 0.717) is 0 Å². The molecule has 4 heteroatoms. The molecular weight excluding hydrogens is 344 g/mol. The zero-order valence-corrected chi connectivity index (χ0v) is 17.5. The Kier molecular flexibility index (Phi) is 4.18. The number of hydrogen-bond donors (Lipinski definition) is 1. The van der Waals surface area contributed by atoms with Crippen molar-refractivity contribution >= 4 is 16.9 Å². The summed E-state index contributed by atoms with van der Waals surface area (Å²) in [5.41, 5.74) is 9.29. The molecule has 146 valence electrons. The van der Waals surface area contributed by atoms with Crippen LogP contribution in [0.25, 0.3) is 16.7 Å². The minimum absolute atomic E-state index is 0.824. The first-order chi connectivity index (χ1) is 13.5. The number of benzene rings is 1. The second-order valence-corrected chi connectivity index (χ2v) is 8.86. The summed E-state index contributed by atoms with van der Waals surface area (Å²) in [6.07, 6.45) is 7.47. The van der Waals surface area contributed by atoms with Gasteiger partial charge in [-0.3, -0.25) is 4.57 Å². The van der Waals surface area contributed by atoms with Crippen molar-refractivity contribution in [2.45, 2.75) is 66.2 Å². The van der Waals surface area contributed by atoms with Crippen LogP contribution in [0.15, 0.2) is 12.1 Å². The fourth-order valence-corrected chi connectivity index (χ4v) is 4.99. The maximum absolute atomic E-state index is 4.98. The van der Waals surface area contributed by atoms with E-state index in [1.165, 1.54) is 64.7 Å². The lowest BCUT2D eigenvalue weighted by atomic mass is 9.95. The number of nitrogens with zero attached hydrogens (tertiary/aromatic N) is 3. The zero-order chi connectivity index (χ0) is 19.4. The van der Waals surface area contributed by atoms with Gasteiger partial charge in [-0.1, -0.05) is 17.7 Å². The minimum atomic E-state index is 0.824. The average Bonchev–Trinajstić information content (AvgIpc) is 3.42. The van der Waals surface area contributed by atoms with E-state index in [4.69, 9.17) is 9.97 Å². The zero-order valence-electron chi connectivity index (χ0n) is 17.5. The fraction of sp³-hybridized carbons (Fsp3) is 0.500. The van der Waals surface area contributed by atoms with Crippen molar-refractivity contribution in [2.75, 3.05) is 11.9 Å². The van der Waals surface area contributed by atoms with Gasteiger partial charge in [0.15, 0.2) is 5.65 Å². The van der Waals surface area contributed by atoms with Crippen LogP contribution < -0.4 is 5.32 Å². The van der Waals surface area contributed by atoms with Crippen LogP contribution in [0, 0.1) is 33.6 Å². The molecule has 0 bridgehead atoms. The first-order valence-corrected chi connectivity index (χ1v) is 10.8. The Morgan fingerprint density at radius 3 is 2.43 bits per heavy atom. The molecule has 1 fully saturated rings. The average molecular weight is 375 g/mol. The van der Waals surface area contributed by atoms with Gasteiger partial charge < -0.3 is 5.32 Å². The van der Waals surface area contributed by atoms with Crippen LogP contribution in [-0.2, 0) is 12.8 Å². The summed E-state index contributed by atoms with van der Waals surface area (Å²) in [5.74, 6) is 2.72. The molecule has 0 unspecified atom stereocenters. The predicted molar refractivity (Wildman–Crippen MR) is 116 cm³/mol. The molecule has 2 aromatic heterocycles. The quantitative estimate of drug-likeness (QED) is 0.669. The van der Waals surface area contributed by atoms with E-state index in [0.717, 1.165) is 42.6 Å². The lowest BCUT2D eigenvalue weighted by Crippen LogP contribution is -2.10. The fourth-order valence-electron chi connectivity index (χ4n) is 4.99. The number of rotatable bonds is 4. The summed E-state index contributed by atoms with van der Waals surface area (Å²) in [4.78, 5) is 9.82. The molecule has 1 aromatic carbocycles. The van der Waals surface area contributed by atoms with Crippen molar-refractivity contribution in [3.05, 3.63) is 45.9 Å². The van der Waals surface area contributed by atoms with Crippen molar-refractivity contribution < 1.29 is 0 Å². The largest absolute Gasteiger partial charge is 0.369 e. The van der Waals surface area contributed by atoms with Crippen LogP contribution >= 0.6 is 0 Å².